The molecule has 0 aliphatic carbocycles. The Bertz CT molecular complexity index is 1280. The fourth-order valence-electron chi connectivity index (χ4n) is 4.41. The second kappa shape index (κ2) is 6.03. The van der Waals surface area contributed by atoms with Crippen LogP contribution >= 0.6 is 0 Å². The van der Waals surface area contributed by atoms with E-state index >= 15 is 0 Å². The number of carbonyl (C=O) groups excluding carboxylic acids is 1. The van der Waals surface area contributed by atoms with Crippen LogP contribution in [0.25, 0.3) is 11.1 Å². The molecular formula is C23H19NO6. The third-order valence-electron chi connectivity index (χ3n) is 6.07. The number of benzene rings is 2. The summed E-state index contributed by atoms with van der Waals surface area (Å²) in [6, 6.07) is 11.4. The Kier molecular flexibility index (Phi) is 3.73. The maximum absolute atomic E-state index is 13.1. The van der Waals surface area contributed by atoms with Crippen LogP contribution in [0.1, 0.15) is 41.4 Å². The zero-order chi connectivity index (χ0) is 21.4. The van der Waals surface area contributed by atoms with Crippen LogP contribution in [0, 0.1) is 0 Å². The first-order chi connectivity index (χ1) is 14.2. The molecule has 0 saturated heterocycles. The number of hydrogen-bond acceptors (Lipinski definition) is 6. The van der Waals surface area contributed by atoms with E-state index in [9.17, 15) is 24.6 Å². The third kappa shape index (κ3) is 2.39. The van der Waals surface area contributed by atoms with Crippen molar-refractivity contribution in [1.29, 1.82) is 0 Å². The summed E-state index contributed by atoms with van der Waals surface area (Å²) in [6.45, 7) is 3.83. The Balaban J connectivity index is 1.65. The Morgan fingerprint density at radius 2 is 1.80 bits per heavy atom. The van der Waals surface area contributed by atoms with E-state index in [2.05, 4.69) is 0 Å². The van der Waals surface area contributed by atoms with Crippen molar-refractivity contribution in [3.63, 3.8) is 0 Å². The second-order valence-corrected chi connectivity index (χ2v) is 8.32. The highest BCUT2D eigenvalue weighted by Crippen LogP contribution is 2.46. The molecule has 2 heterocycles. The normalized spacial score (nSPS) is 22.0. The highest BCUT2D eigenvalue weighted by molar-refractivity contribution is 5.98. The van der Waals surface area contributed by atoms with Gasteiger partial charge in [-0.15, -0.1) is 0 Å². The van der Waals surface area contributed by atoms with Gasteiger partial charge in [-0.05, 0) is 43.2 Å². The predicted molar refractivity (Wildman–Crippen MR) is 108 cm³/mol. The maximum atomic E-state index is 13.1. The lowest BCUT2D eigenvalue weighted by Gasteiger charge is -2.45. The van der Waals surface area contributed by atoms with Crippen LogP contribution in [0.15, 0.2) is 52.1 Å². The zero-order valence-corrected chi connectivity index (χ0v) is 16.4. The fraction of sp³-hybridized carbons (Fsp3) is 0.261. The number of rotatable bonds is 2. The van der Waals surface area contributed by atoms with Crippen molar-refractivity contribution < 1.29 is 19.7 Å². The molecule has 0 radical (unpaired) electrons. The summed E-state index contributed by atoms with van der Waals surface area (Å²) >= 11 is 0. The van der Waals surface area contributed by atoms with Crippen molar-refractivity contribution in [2.24, 2.45) is 0 Å². The van der Waals surface area contributed by atoms with E-state index in [0.29, 0.717) is 29.0 Å². The summed E-state index contributed by atoms with van der Waals surface area (Å²) in [6.07, 6.45) is -1.04. The third-order valence-corrected chi connectivity index (χ3v) is 6.07. The molecule has 0 fully saturated rings. The maximum Gasteiger partial charge on any atom is 0.268 e. The topological polar surface area (TPSA) is 104 Å². The molecular weight excluding hydrogens is 386 g/mol. The SMILES string of the molecule is CC1(C)Oc2ccc(-c3c(O)c(=O)c3=O)cc2[C@@H](N2Cc3ccccc3C2=O)[C@@H]1O. The fourth-order valence-corrected chi connectivity index (χ4v) is 4.41. The molecule has 1 amide bonds. The number of aromatic hydroxyl groups is 1. The van der Waals surface area contributed by atoms with Crippen molar-refractivity contribution in [3.8, 4) is 22.6 Å². The lowest BCUT2D eigenvalue weighted by molar-refractivity contribution is -0.0867. The quantitative estimate of drug-likeness (QED) is 0.631. The average molecular weight is 405 g/mol. The van der Waals surface area contributed by atoms with Crippen LogP contribution in [0.5, 0.6) is 11.5 Å². The molecule has 3 aromatic carbocycles. The molecule has 7 heteroatoms. The zero-order valence-electron chi connectivity index (χ0n) is 16.4. The van der Waals surface area contributed by atoms with E-state index in [4.69, 9.17) is 4.74 Å². The van der Waals surface area contributed by atoms with Crippen molar-refractivity contribution in [2.45, 2.75) is 38.1 Å². The van der Waals surface area contributed by atoms with Gasteiger partial charge in [0.2, 0.25) is 5.43 Å². The summed E-state index contributed by atoms with van der Waals surface area (Å²) in [5.74, 6) is -0.291. The molecule has 0 aromatic heterocycles. The van der Waals surface area contributed by atoms with Crippen LogP contribution in [0.2, 0.25) is 0 Å². The summed E-state index contributed by atoms with van der Waals surface area (Å²) in [4.78, 5) is 38.1. The lowest BCUT2D eigenvalue weighted by atomic mass is 9.84. The summed E-state index contributed by atoms with van der Waals surface area (Å²) in [5.41, 5.74) is -0.361. The second-order valence-electron chi connectivity index (χ2n) is 8.32. The van der Waals surface area contributed by atoms with Gasteiger partial charge in [-0.1, -0.05) is 24.3 Å². The molecule has 0 unspecified atom stereocenters. The molecule has 3 aromatic rings. The van der Waals surface area contributed by atoms with E-state index in [0.717, 1.165) is 5.56 Å². The van der Waals surface area contributed by atoms with Crippen LogP contribution in [0.3, 0.4) is 0 Å². The van der Waals surface area contributed by atoms with Gasteiger partial charge in [0.25, 0.3) is 11.3 Å². The number of nitrogens with zero attached hydrogens (tertiary/aromatic N) is 1. The molecule has 7 nitrogen and oxygen atoms in total. The van der Waals surface area contributed by atoms with Crippen molar-refractivity contribution >= 4 is 5.91 Å². The van der Waals surface area contributed by atoms with Crippen LogP contribution in [-0.4, -0.2) is 32.7 Å². The first kappa shape index (κ1) is 18.6. The average Bonchev–Trinajstić information content (AvgIpc) is 3.05. The van der Waals surface area contributed by atoms with Gasteiger partial charge in [-0.2, -0.15) is 0 Å². The smallest absolute Gasteiger partial charge is 0.268 e. The molecule has 2 aliphatic rings. The van der Waals surface area contributed by atoms with E-state index in [-0.39, 0.29) is 11.5 Å². The van der Waals surface area contributed by atoms with Crippen LogP contribution in [-0.2, 0) is 6.54 Å². The summed E-state index contributed by atoms with van der Waals surface area (Å²) < 4.78 is 5.98. The van der Waals surface area contributed by atoms with Crippen molar-refractivity contribution in [3.05, 3.63) is 79.6 Å². The van der Waals surface area contributed by atoms with Gasteiger partial charge in [0.15, 0.2) is 5.75 Å². The largest absolute Gasteiger partial charge is 0.503 e. The number of aliphatic hydroxyl groups excluding tert-OH is 1. The first-order valence-corrected chi connectivity index (χ1v) is 9.63. The first-order valence-electron chi connectivity index (χ1n) is 9.63. The highest BCUT2D eigenvalue weighted by atomic mass is 16.5. The number of hydrogen-bond donors (Lipinski definition) is 2. The van der Waals surface area contributed by atoms with Crippen LogP contribution < -0.4 is 15.6 Å². The minimum Gasteiger partial charge on any atom is -0.503 e. The van der Waals surface area contributed by atoms with E-state index < -0.39 is 34.4 Å². The monoisotopic (exact) mass is 405 g/mol. The molecule has 2 N–H and O–H groups in total. The standard InChI is InChI=1S/C23H19NO6/c1-23(2)21(28)17(24-10-12-5-3-4-6-13(12)22(24)29)14-9-11(7-8-15(14)30-23)16-18(25)20(27)19(16)26/h3-9,17,21,25,28H,10H2,1-2H3/t17-,21+/m1/s1. The van der Waals surface area contributed by atoms with Gasteiger partial charge in [0, 0.05) is 17.7 Å². The number of aliphatic hydroxyl groups is 1. The summed E-state index contributed by atoms with van der Waals surface area (Å²) in [5, 5.41) is 21.0. The Hall–Kier alpha value is -3.45. The Morgan fingerprint density at radius 3 is 2.50 bits per heavy atom. The molecule has 0 bridgehead atoms. The lowest BCUT2D eigenvalue weighted by Crippen LogP contribution is -2.53. The molecule has 0 spiro atoms. The van der Waals surface area contributed by atoms with E-state index in [1.54, 1.807) is 49.1 Å². The van der Waals surface area contributed by atoms with Gasteiger partial charge in [0.05, 0.1) is 11.6 Å². The molecule has 2 aliphatic heterocycles. The van der Waals surface area contributed by atoms with Gasteiger partial charge in [-0.3, -0.25) is 14.4 Å². The van der Waals surface area contributed by atoms with Gasteiger partial charge < -0.3 is 19.8 Å². The van der Waals surface area contributed by atoms with E-state index in [1.807, 2.05) is 12.1 Å². The molecule has 152 valence electrons. The molecule has 5 rings (SSSR count). The number of ether oxygens (including phenoxy) is 1. The number of amides is 1. The van der Waals surface area contributed by atoms with Crippen molar-refractivity contribution in [2.75, 3.05) is 0 Å². The van der Waals surface area contributed by atoms with Gasteiger partial charge in [0.1, 0.15) is 17.5 Å². The molecule has 30 heavy (non-hydrogen) atoms. The number of carbonyl (C=O) groups is 1. The number of fused-ring (bicyclic) bond motifs is 2. The molecule has 2 atom stereocenters. The minimum atomic E-state index is -1.04. The molecule has 0 saturated carbocycles. The van der Waals surface area contributed by atoms with Gasteiger partial charge >= 0.3 is 0 Å². The minimum absolute atomic E-state index is 0.0584. The summed E-state index contributed by atoms with van der Waals surface area (Å²) in [7, 11) is 0. The Labute approximate surface area is 171 Å². The van der Waals surface area contributed by atoms with Crippen molar-refractivity contribution in [1.82, 2.24) is 4.90 Å². The van der Waals surface area contributed by atoms with Crippen LogP contribution in [0.4, 0.5) is 0 Å². The Morgan fingerprint density at radius 1 is 1.07 bits per heavy atom. The predicted octanol–water partition coefficient (Wildman–Crippen LogP) is 1.88. The van der Waals surface area contributed by atoms with E-state index in [1.165, 1.54) is 0 Å². The van der Waals surface area contributed by atoms with Gasteiger partial charge in [-0.25, -0.2) is 0 Å². The highest BCUT2D eigenvalue weighted by Gasteiger charge is 2.48.